The van der Waals surface area contributed by atoms with Crippen molar-refractivity contribution in [1.29, 1.82) is 0 Å². The topological polar surface area (TPSA) is 0 Å². The Bertz CT molecular complexity index is 228. The molecule has 1 unspecified atom stereocenters. The Kier molecular flexibility index (Phi) is 18.9. The summed E-state index contributed by atoms with van der Waals surface area (Å²) in [5.74, 6) is 0. The molecule has 23 heavy (non-hydrogen) atoms. The van der Waals surface area contributed by atoms with E-state index in [1.165, 1.54) is 101 Å². The number of halogens is 1. The fourth-order valence-corrected chi connectivity index (χ4v) is 3.12. The Hall–Kier alpha value is 0.250. The predicted molar refractivity (Wildman–Crippen MR) is 102 cm³/mol. The van der Waals surface area contributed by atoms with Gasteiger partial charge in [-0.1, -0.05) is 84.0 Å². The maximum atomic E-state index is 2.42. The predicted octanol–water partition coefficient (Wildman–Crippen LogP) is 3.96. The van der Waals surface area contributed by atoms with E-state index in [0.717, 1.165) is 6.04 Å². The normalized spacial score (nSPS) is 12.9. The molecule has 0 saturated carbocycles. The number of nitrogens with zero attached hydrogens (tertiary/aromatic N) is 1. The van der Waals surface area contributed by atoms with Crippen LogP contribution in [-0.4, -0.2) is 31.2 Å². The third kappa shape index (κ3) is 15.5. The van der Waals surface area contributed by atoms with Crippen molar-refractivity contribution < 1.29 is 16.9 Å². The second-order valence-corrected chi connectivity index (χ2v) is 7.98. The monoisotopic (exact) mass is 347 g/mol. The van der Waals surface area contributed by atoms with Crippen molar-refractivity contribution in [3.8, 4) is 0 Å². The van der Waals surface area contributed by atoms with E-state index in [9.17, 15) is 0 Å². The van der Waals surface area contributed by atoms with Crippen LogP contribution in [0.3, 0.4) is 0 Å². The summed E-state index contributed by atoms with van der Waals surface area (Å²) in [4.78, 5) is 0. The van der Waals surface area contributed by atoms with Crippen molar-refractivity contribution in [3.05, 3.63) is 0 Å². The van der Waals surface area contributed by atoms with Crippen LogP contribution in [0.25, 0.3) is 0 Å². The highest BCUT2D eigenvalue weighted by atomic mass is 35.5. The van der Waals surface area contributed by atoms with E-state index < -0.39 is 0 Å². The third-order valence-corrected chi connectivity index (χ3v) is 5.73. The van der Waals surface area contributed by atoms with E-state index >= 15 is 0 Å². The van der Waals surface area contributed by atoms with Gasteiger partial charge < -0.3 is 16.9 Å². The zero-order chi connectivity index (χ0) is 16.7. The van der Waals surface area contributed by atoms with Gasteiger partial charge in [0.2, 0.25) is 0 Å². The molecule has 142 valence electrons. The van der Waals surface area contributed by atoms with Gasteiger partial charge in [-0.15, -0.1) is 0 Å². The largest absolute Gasteiger partial charge is 1.00 e. The third-order valence-electron chi connectivity index (χ3n) is 5.73. The minimum atomic E-state index is 0. The standard InChI is InChI=1S/C21H46N.ClH/c1-6-8-9-10-11-12-13-14-15-16-17-18-19-20-21(3)22(4,5)7-2;/h21H,6-20H2,1-5H3;1H/q+1;/p-1. The summed E-state index contributed by atoms with van der Waals surface area (Å²) in [5.41, 5.74) is 0. The fourth-order valence-electron chi connectivity index (χ4n) is 3.12. The molecule has 0 rings (SSSR count). The van der Waals surface area contributed by atoms with Crippen LogP contribution in [0.2, 0.25) is 0 Å². The molecule has 0 aromatic carbocycles. The van der Waals surface area contributed by atoms with Gasteiger partial charge in [0.1, 0.15) is 0 Å². The van der Waals surface area contributed by atoms with E-state index in [0.29, 0.717) is 0 Å². The molecule has 0 aliphatic heterocycles. The van der Waals surface area contributed by atoms with Gasteiger partial charge in [0.25, 0.3) is 0 Å². The van der Waals surface area contributed by atoms with Crippen LogP contribution in [0.15, 0.2) is 0 Å². The molecule has 0 aliphatic rings. The maximum absolute atomic E-state index is 2.42. The summed E-state index contributed by atoms with van der Waals surface area (Å²) in [6.07, 6.45) is 20.3. The quantitative estimate of drug-likeness (QED) is 0.293. The zero-order valence-corrected chi connectivity index (χ0v) is 17.8. The van der Waals surface area contributed by atoms with E-state index in [4.69, 9.17) is 0 Å². The Labute approximate surface area is 154 Å². The molecule has 0 radical (unpaired) electrons. The highest BCUT2D eigenvalue weighted by molar-refractivity contribution is 4.53. The molecule has 0 aromatic rings. The van der Waals surface area contributed by atoms with Crippen molar-refractivity contribution in [1.82, 2.24) is 0 Å². The van der Waals surface area contributed by atoms with Crippen LogP contribution < -0.4 is 12.4 Å². The Balaban J connectivity index is 0. The molecular weight excluding hydrogens is 302 g/mol. The first-order chi connectivity index (χ1) is 10.5. The molecule has 0 spiro atoms. The molecule has 0 fully saturated rings. The number of hydrogen-bond acceptors (Lipinski definition) is 0. The molecule has 0 aliphatic carbocycles. The number of unbranched alkanes of at least 4 members (excludes halogenated alkanes) is 12. The van der Waals surface area contributed by atoms with Gasteiger partial charge in [-0.2, -0.15) is 0 Å². The molecular formula is C21H46ClN. The van der Waals surface area contributed by atoms with Gasteiger partial charge in [-0.3, -0.25) is 0 Å². The van der Waals surface area contributed by atoms with Crippen molar-refractivity contribution in [3.63, 3.8) is 0 Å². The van der Waals surface area contributed by atoms with Crippen LogP contribution in [0, 0.1) is 0 Å². The average molecular weight is 348 g/mol. The molecule has 0 saturated heterocycles. The Morgan fingerprint density at radius 3 is 1.30 bits per heavy atom. The molecule has 0 heterocycles. The van der Waals surface area contributed by atoms with Gasteiger partial charge in [0.15, 0.2) is 0 Å². The van der Waals surface area contributed by atoms with Crippen molar-refractivity contribution in [2.75, 3.05) is 20.6 Å². The van der Waals surface area contributed by atoms with E-state index in [-0.39, 0.29) is 12.4 Å². The summed E-state index contributed by atoms with van der Waals surface area (Å²) in [5, 5.41) is 0. The molecule has 0 bridgehead atoms. The lowest BCUT2D eigenvalue weighted by Crippen LogP contribution is -3.00. The second-order valence-electron chi connectivity index (χ2n) is 7.98. The lowest BCUT2D eigenvalue weighted by Gasteiger charge is -2.35. The summed E-state index contributed by atoms with van der Waals surface area (Å²) in [6.45, 7) is 8.27. The van der Waals surface area contributed by atoms with Gasteiger partial charge in [-0.05, 0) is 26.7 Å². The van der Waals surface area contributed by atoms with Crippen LogP contribution in [0.5, 0.6) is 0 Å². The second kappa shape index (κ2) is 17.1. The molecule has 0 aromatic heterocycles. The van der Waals surface area contributed by atoms with Crippen molar-refractivity contribution >= 4 is 0 Å². The van der Waals surface area contributed by atoms with Crippen LogP contribution in [-0.2, 0) is 0 Å². The first-order valence-electron chi connectivity index (χ1n) is 10.4. The van der Waals surface area contributed by atoms with Crippen LogP contribution >= 0.6 is 0 Å². The summed E-state index contributed by atoms with van der Waals surface area (Å²) in [6, 6.07) is 0.817. The first kappa shape index (κ1) is 25.5. The molecule has 0 N–H and O–H groups in total. The maximum Gasteiger partial charge on any atom is 0.0857 e. The van der Waals surface area contributed by atoms with E-state index in [2.05, 4.69) is 34.9 Å². The molecule has 0 amide bonds. The highest BCUT2D eigenvalue weighted by Gasteiger charge is 2.20. The summed E-state index contributed by atoms with van der Waals surface area (Å²) < 4.78 is 1.18. The lowest BCUT2D eigenvalue weighted by atomic mass is 10.0. The number of hydrogen-bond donors (Lipinski definition) is 0. The Morgan fingerprint density at radius 2 is 0.957 bits per heavy atom. The summed E-state index contributed by atoms with van der Waals surface area (Å²) >= 11 is 0. The molecule has 2 heteroatoms. The van der Waals surface area contributed by atoms with Gasteiger partial charge in [-0.25, -0.2) is 0 Å². The van der Waals surface area contributed by atoms with E-state index in [1.807, 2.05) is 0 Å². The first-order valence-corrected chi connectivity index (χ1v) is 10.4. The SMILES string of the molecule is CCCCCCCCCCCCCCCC(C)[N+](C)(C)CC.[Cl-]. The number of rotatable bonds is 16. The number of quaternary nitrogens is 1. The molecule has 1 atom stereocenters. The Morgan fingerprint density at radius 1 is 0.609 bits per heavy atom. The highest BCUT2D eigenvalue weighted by Crippen LogP contribution is 2.16. The van der Waals surface area contributed by atoms with Gasteiger partial charge in [0, 0.05) is 0 Å². The van der Waals surface area contributed by atoms with Crippen molar-refractivity contribution in [2.45, 2.75) is 117 Å². The van der Waals surface area contributed by atoms with Crippen LogP contribution in [0.1, 0.15) is 111 Å². The van der Waals surface area contributed by atoms with Gasteiger partial charge in [0.05, 0.1) is 26.7 Å². The minimum absolute atomic E-state index is 0. The average Bonchev–Trinajstić information content (AvgIpc) is 2.51. The lowest BCUT2D eigenvalue weighted by molar-refractivity contribution is -0.911. The molecule has 1 nitrogen and oxygen atoms in total. The van der Waals surface area contributed by atoms with Crippen molar-refractivity contribution in [2.24, 2.45) is 0 Å². The summed E-state index contributed by atoms with van der Waals surface area (Å²) in [7, 11) is 4.74. The minimum Gasteiger partial charge on any atom is -1.00 e. The van der Waals surface area contributed by atoms with E-state index in [1.54, 1.807) is 0 Å². The van der Waals surface area contributed by atoms with Crippen LogP contribution in [0.4, 0.5) is 0 Å². The smallest absolute Gasteiger partial charge is 0.0857 e. The fraction of sp³-hybridized carbons (Fsp3) is 1.00. The zero-order valence-electron chi connectivity index (χ0n) is 17.0. The van der Waals surface area contributed by atoms with Gasteiger partial charge >= 0.3 is 0 Å².